The number of aryl methyl sites for hydroxylation is 1. The maximum atomic E-state index is 13.3. The average Bonchev–Trinajstić information content (AvgIpc) is 2.66. The second-order valence-corrected chi connectivity index (χ2v) is 7.76. The minimum Gasteiger partial charge on any atom is -0.466 e. The summed E-state index contributed by atoms with van der Waals surface area (Å²) in [6.07, 6.45) is 0.225. The molecule has 0 aliphatic heterocycles. The molecule has 1 atom stereocenters. The summed E-state index contributed by atoms with van der Waals surface area (Å²) in [4.78, 5) is 14.2. The minimum atomic E-state index is -0.285. The first-order valence-corrected chi connectivity index (χ1v) is 10.2. The van der Waals surface area contributed by atoms with E-state index in [1.54, 1.807) is 19.1 Å². The number of halogens is 1. The number of hydrogen-bond acceptors (Lipinski definition) is 3. The van der Waals surface area contributed by atoms with Crippen molar-refractivity contribution < 1.29 is 13.9 Å². The number of ether oxygens (including phenoxy) is 1. The molecule has 156 valence electrons. The van der Waals surface area contributed by atoms with Crippen molar-refractivity contribution in [2.75, 3.05) is 11.9 Å². The molecule has 0 saturated heterocycles. The van der Waals surface area contributed by atoms with Crippen molar-refractivity contribution in [1.29, 1.82) is 0 Å². The van der Waals surface area contributed by atoms with Crippen LogP contribution in [0.2, 0.25) is 0 Å². The van der Waals surface area contributed by atoms with E-state index in [9.17, 15) is 9.18 Å². The van der Waals surface area contributed by atoms with Crippen LogP contribution in [0.1, 0.15) is 38.3 Å². The van der Waals surface area contributed by atoms with Crippen LogP contribution >= 0.6 is 12.2 Å². The Kier molecular flexibility index (Phi) is 8.58. The zero-order chi connectivity index (χ0) is 21.4. The van der Waals surface area contributed by atoms with Gasteiger partial charge in [0.1, 0.15) is 5.82 Å². The van der Waals surface area contributed by atoms with Crippen LogP contribution in [0.25, 0.3) is 0 Å². The Hall–Kier alpha value is -2.47. The largest absolute Gasteiger partial charge is 0.466 e. The highest BCUT2D eigenvalue weighted by Gasteiger charge is 2.27. The third-order valence-corrected chi connectivity index (χ3v) is 4.98. The Balaban J connectivity index is 2.29. The summed E-state index contributed by atoms with van der Waals surface area (Å²) in [5.41, 5.74) is 2.92. The Morgan fingerprint density at radius 1 is 1.21 bits per heavy atom. The molecule has 2 rings (SSSR count). The summed E-state index contributed by atoms with van der Waals surface area (Å²) in [6.45, 7) is 8.71. The van der Waals surface area contributed by atoms with Gasteiger partial charge >= 0.3 is 5.97 Å². The van der Waals surface area contributed by atoms with Gasteiger partial charge in [-0.1, -0.05) is 38.1 Å². The summed E-state index contributed by atoms with van der Waals surface area (Å²) in [5, 5.41) is 3.80. The molecule has 0 aromatic heterocycles. The lowest BCUT2D eigenvalue weighted by molar-refractivity contribution is -0.144. The van der Waals surface area contributed by atoms with Crippen molar-refractivity contribution >= 4 is 29.0 Å². The second kappa shape index (κ2) is 10.9. The molecule has 0 spiro atoms. The maximum Gasteiger partial charge on any atom is 0.307 e. The number of rotatable bonds is 8. The molecule has 1 N–H and O–H groups in total. The minimum absolute atomic E-state index is 0.150. The maximum absolute atomic E-state index is 13.3. The number of hydrogen-bond donors (Lipinski definition) is 1. The summed E-state index contributed by atoms with van der Waals surface area (Å²) >= 11 is 5.73. The van der Waals surface area contributed by atoms with E-state index >= 15 is 0 Å². The van der Waals surface area contributed by atoms with Gasteiger partial charge in [0.25, 0.3) is 0 Å². The van der Waals surface area contributed by atoms with Gasteiger partial charge in [-0.3, -0.25) is 4.79 Å². The van der Waals surface area contributed by atoms with Gasteiger partial charge in [0, 0.05) is 18.3 Å². The van der Waals surface area contributed by atoms with Gasteiger partial charge < -0.3 is 15.0 Å². The number of benzene rings is 2. The van der Waals surface area contributed by atoms with Gasteiger partial charge in [-0.25, -0.2) is 4.39 Å². The third kappa shape index (κ3) is 7.13. The number of nitrogens with one attached hydrogen (secondary N) is 1. The van der Waals surface area contributed by atoms with E-state index in [1.807, 2.05) is 36.1 Å². The van der Waals surface area contributed by atoms with Crippen LogP contribution in [-0.2, 0) is 16.1 Å². The number of carbonyl (C=O) groups is 1. The van der Waals surface area contributed by atoms with Gasteiger partial charge in [-0.15, -0.1) is 0 Å². The molecule has 0 fully saturated rings. The second-order valence-electron chi connectivity index (χ2n) is 7.37. The topological polar surface area (TPSA) is 41.6 Å². The zero-order valence-electron chi connectivity index (χ0n) is 17.4. The summed E-state index contributed by atoms with van der Waals surface area (Å²) in [7, 11) is 0. The third-order valence-electron chi connectivity index (χ3n) is 4.65. The molecule has 0 radical (unpaired) electrons. The predicted molar refractivity (Wildman–Crippen MR) is 119 cm³/mol. The first-order valence-electron chi connectivity index (χ1n) is 9.84. The highest BCUT2D eigenvalue weighted by Crippen LogP contribution is 2.21. The van der Waals surface area contributed by atoms with Crippen molar-refractivity contribution in [3.8, 4) is 0 Å². The Labute approximate surface area is 178 Å². The van der Waals surface area contributed by atoms with Crippen molar-refractivity contribution in [2.24, 2.45) is 5.92 Å². The first kappa shape index (κ1) is 22.8. The van der Waals surface area contributed by atoms with Crippen LogP contribution in [0.15, 0.2) is 48.5 Å². The fourth-order valence-corrected chi connectivity index (χ4v) is 3.46. The Morgan fingerprint density at radius 3 is 2.48 bits per heavy atom. The fourth-order valence-electron chi connectivity index (χ4n) is 3.14. The van der Waals surface area contributed by atoms with Gasteiger partial charge in [0.15, 0.2) is 5.11 Å². The molecule has 0 aliphatic rings. The number of anilines is 1. The van der Waals surface area contributed by atoms with E-state index < -0.39 is 0 Å². The molecule has 0 heterocycles. The average molecular weight is 417 g/mol. The molecular formula is C23H29FN2O2S. The molecule has 0 aliphatic carbocycles. The normalized spacial score (nSPS) is 11.8. The van der Waals surface area contributed by atoms with Crippen LogP contribution in [0.4, 0.5) is 10.1 Å². The molecule has 2 aromatic rings. The smallest absolute Gasteiger partial charge is 0.307 e. The Morgan fingerprint density at radius 2 is 1.90 bits per heavy atom. The molecular weight excluding hydrogens is 387 g/mol. The quantitative estimate of drug-likeness (QED) is 0.466. The van der Waals surface area contributed by atoms with Gasteiger partial charge in [-0.05, 0) is 67.4 Å². The lowest BCUT2D eigenvalue weighted by Gasteiger charge is -2.36. The number of esters is 1. The molecule has 4 nitrogen and oxygen atoms in total. The van der Waals surface area contributed by atoms with E-state index in [1.165, 1.54) is 12.1 Å². The molecule has 0 unspecified atom stereocenters. The number of carbonyl (C=O) groups excluding carboxylic acids is 1. The van der Waals surface area contributed by atoms with Crippen molar-refractivity contribution in [3.05, 3.63) is 65.5 Å². The van der Waals surface area contributed by atoms with E-state index in [2.05, 4.69) is 19.2 Å². The molecule has 0 bridgehead atoms. The zero-order valence-corrected chi connectivity index (χ0v) is 18.3. The fraction of sp³-hybridized carbons (Fsp3) is 0.391. The monoisotopic (exact) mass is 416 g/mol. The lowest BCUT2D eigenvalue weighted by atomic mass is 9.98. The number of thiocarbonyl (C=S) groups is 1. The van der Waals surface area contributed by atoms with E-state index in [0.29, 0.717) is 18.3 Å². The Bertz CT molecular complexity index is 824. The van der Waals surface area contributed by atoms with Crippen LogP contribution in [-0.4, -0.2) is 28.6 Å². The number of nitrogens with zero attached hydrogens (tertiary/aromatic N) is 1. The molecule has 0 amide bonds. The van der Waals surface area contributed by atoms with Crippen molar-refractivity contribution in [1.82, 2.24) is 4.90 Å². The summed E-state index contributed by atoms with van der Waals surface area (Å²) in [5.74, 6) is -0.390. The SMILES string of the molecule is CCOC(=O)C[C@H](C(C)C)N(Cc1ccc(F)cc1)C(=S)Nc1cccc(C)c1. The van der Waals surface area contributed by atoms with Crippen LogP contribution in [0.3, 0.4) is 0 Å². The highest BCUT2D eigenvalue weighted by atomic mass is 32.1. The summed E-state index contributed by atoms with van der Waals surface area (Å²) < 4.78 is 18.5. The van der Waals surface area contributed by atoms with Crippen LogP contribution in [0.5, 0.6) is 0 Å². The van der Waals surface area contributed by atoms with Crippen LogP contribution < -0.4 is 5.32 Å². The van der Waals surface area contributed by atoms with Gasteiger partial charge in [0.05, 0.1) is 13.0 Å². The van der Waals surface area contributed by atoms with E-state index in [-0.39, 0.29) is 30.2 Å². The van der Waals surface area contributed by atoms with Crippen LogP contribution in [0, 0.1) is 18.7 Å². The lowest BCUT2D eigenvalue weighted by Crippen LogP contribution is -2.46. The predicted octanol–water partition coefficient (Wildman–Crippen LogP) is 5.31. The first-order chi connectivity index (χ1) is 13.8. The molecule has 29 heavy (non-hydrogen) atoms. The highest BCUT2D eigenvalue weighted by molar-refractivity contribution is 7.80. The van der Waals surface area contributed by atoms with E-state index in [4.69, 9.17) is 17.0 Å². The van der Waals surface area contributed by atoms with Crippen molar-refractivity contribution in [2.45, 2.75) is 46.7 Å². The van der Waals surface area contributed by atoms with Gasteiger partial charge in [0.2, 0.25) is 0 Å². The standard InChI is InChI=1S/C23H29FN2O2S/c1-5-28-22(27)14-21(16(2)3)26(15-18-9-11-19(24)12-10-18)23(29)25-20-8-6-7-17(4)13-20/h6-13,16,21H,5,14-15H2,1-4H3,(H,25,29)/t21-/m1/s1. The summed E-state index contributed by atoms with van der Waals surface area (Å²) in [6, 6.07) is 14.1. The molecule has 0 saturated carbocycles. The molecule has 2 aromatic carbocycles. The van der Waals surface area contributed by atoms with E-state index in [0.717, 1.165) is 16.8 Å². The van der Waals surface area contributed by atoms with Crippen molar-refractivity contribution in [3.63, 3.8) is 0 Å². The molecule has 6 heteroatoms. The van der Waals surface area contributed by atoms with Gasteiger partial charge in [-0.2, -0.15) is 0 Å².